The highest BCUT2D eigenvalue weighted by molar-refractivity contribution is 6.31. The molecule has 2 aromatic carbocycles. The van der Waals surface area contributed by atoms with Crippen molar-refractivity contribution in [2.75, 3.05) is 26.7 Å². The molecule has 1 saturated heterocycles. The second-order valence-corrected chi connectivity index (χ2v) is 6.88. The van der Waals surface area contributed by atoms with Crippen LogP contribution in [0.15, 0.2) is 42.5 Å². The Kier molecular flexibility index (Phi) is 6.74. The van der Waals surface area contributed by atoms with E-state index < -0.39 is 0 Å². The Morgan fingerprint density at radius 1 is 1.23 bits per heavy atom. The van der Waals surface area contributed by atoms with Gasteiger partial charge < -0.3 is 25.2 Å². The summed E-state index contributed by atoms with van der Waals surface area (Å²) in [6.45, 7) is 3.25. The first-order valence-corrected chi connectivity index (χ1v) is 9.18. The van der Waals surface area contributed by atoms with Gasteiger partial charge in [0.05, 0.1) is 13.2 Å². The first-order valence-electron chi connectivity index (χ1n) is 8.80. The van der Waals surface area contributed by atoms with E-state index in [9.17, 15) is 5.11 Å². The van der Waals surface area contributed by atoms with Gasteiger partial charge in [-0.3, -0.25) is 0 Å². The summed E-state index contributed by atoms with van der Waals surface area (Å²) in [6.07, 6.45) is -0.294. The van der Waals surface area contributed by atoms with Gasteiger partial charge in [0.1, 0.15) is 18.1 Å². The molecule has 2 atom stereocenters. The number of halogens is 1. The van der Waals surface area contributed by atoms with Crippen molar-refractivity contribution in [3.63, 3.8) is 0 Å². The highest BCUT2D eigenvalue weighted by Gasteiger charge is 2.24. The molecule has 0 saturated carbocycles. The zero-order valence-corrected chi connectivity index (χ0v) is 15.6. The molecule has 6 heteroatoms. The van der Waals surface area contributed by atoms with Crippen LogP contribution in [0.2, 0.25) is 5.02 Å². The molecule has 1 heterocycles. The normalized spacial score (nSPS) is 19.5. The molecule has 2 unspecified atom stereocenters. The van der Waals surface area contributed by atoms with Gasteiger partial charge in [0, 0.05) is 42.7 Å². The van der Waals surface area contributed by atoms with Crippen molar-refractivity contribution < 1.29 is 14.6 Å². The fourth-order valence-corrected chi connectivity index (χ4v) is 3.31. The number of nitrogens with one attached hydrogen (secondary N) is 2. The van der Waals surface area contributed by atoms with E-state index >= 15 is 0 Å². The summed E-state index contributed by atoms with van der Waals surface area (Å²) >= 11 is 6.38. The Hall–Kier alpha value is -1.79. The van der Waals surface area contributed by atoms with Gasteiger partial charge in [0.2, 0.25) is 0 Å². The van der Waals surface area contributed by atoms with E-state index in [1.165, 1.54) is 0 Å². The number of hydrogen-bond donors (Lipinski definition) is 3. The van der Waals surface area contributed by atoms with Crippen molar-refractivity contribution in [1.82, 2.24) is 10.6 Å². The fourth-order valence-electron chi connectivity index (χ4n) is 3.08. The van der Waals surface area contributed by atoms with Gasteiger partial charge in [-0.25, -0.2) is 0 Å². The largest absolute Gasteiger partial charge is 0.497 e. The molecule has 5 nitrogen and oxygen atoms in total. The molecule has 140 valence electrons. The van der Waals surface area contributed by atoms with Crippen LogP contribution < -0.4 is 20.1 Å². The summed E-state index contributed by atoms with van der Waals surface area (Å²) in [7, 11) is 1.65. The minimum absolute atomic E-state index is 0.221. The van der Waals surface area contributed by atoms with Crippen LogP contribution in [0, 0.1) is 5.92 Å². The van der Waals surface area contributed by atoms with Crippen molar-refractivity contribution in [2.24, 2.45) is 5.92 Å². The van der Waals surface area contributed by atoms with E-state index in [2.05, 4.69) is 10.6 Å². The Bertz CT molecular complexity index is 726. The van der Waals surface area contributed by atoms with Crippen molar-refractivity contribution in [3.8, 4) is 11.5 Å². The molecule has 1 aliphatic rings. The third-order valence-electron chi connectivity index (χ3n) is 4.62. The monoisotopic (exact) mass is 376 g/mol. The number of ether oxygens (including phenoxy) is 2. The molecule has 3 rings (SSSR count). The van der Waals surface area contributed by atoms with E-state index in [0.29, 0.717) is 24.7 Å². The van der Waals surface area contributed by atoms with E-state index in [0.717, 1.165) is 35.7 Å². The summed E-state index contributed by atoms with van der Waals surface area (Å²) < 4.78 is 11.3. The fraction of sp³-hybridized carbons (Fsp3) is 0.400. The maximum atomic E-state index is 9.88. The number of hydrogen-bond acceptors (Lipinski definition) is 5. The standard InChI is InChI=1S/C20H25ClN2O3/c1-25-16-5-2-4-14(8-16)13-26-20-7-3-6-18(21)17(20)11-22-9-15-10-23-12-19(15)24/h2-8,15,19,22-24H,9-13H2,1H3. The summed E-state index contributed by atoms with van der Waals surface area (Å²) in [4.78, 5) is 0. The summed E-state index contributed by atoms with van der Waals surface area (Å²) in [5.74, 6) is 1.79. The SMILES string of the molecule is COc1cccc(COc2cccc(Cl)c2CNCC2CNCC2O)c1. The molecule has 0 amide bonds. The van der Waals surface area contributed by atoms with Crippen molar-refractivity contribution in [3.05, 3.63) is 58.6 Å². The third kappa shape index (κ3) is 4.89. The van der Waals surface area contributed by atoms with Gasteiger partial charge in [-0.05, 0) is 29.8 Å². The molecule has 0 radical (unpaired) electrons. The molecular weight excluding hydrogens is 352 g/mol. The van der Waals surface area contributed by atoms with Gasteiger partial charge in [0.15, 0.2) is 0 Å². The first-order chi connectivity index (χ1) is 12.7. The lowest BCUT2D eigenvalue weighted by molar-refractivity contribution is 0.146. The molecule has 0 bridgehead atoms. The average Bonchev–Trinajstić information content (AvgIpc) is 3.07. The Morgan fingerprint density at radius 2 is 2.08 bits per heavy atom. The molecular formula is C20H25ClN2O3. The zero-order valence-electron chi connectivity index (χ0n) is 14.9. The highest BCUT2D eigenvalue weighted by Crippen LogP contribution is 2.27. The van der Waals surface area contributed by atoms with Gasteiger partial charge in [-0.15, -0.1) is 0 Å². The predicted octanol–water partition coefficient (Wildman–Crippen LogP) is 2.60. The number of benzene rings is 2. The molecule has 2 aromatic rings. The van der Waals surface area contributed by atoms with Crippen LogP contribution in [-0.4, -0.2) is 38.0 Å². The smallest absolute Gasteiger partial charge is 0.125 e. The first kappa shape index (κ1) is 19.0. The molecule has 0 aliphatic carbocycles. The minimum atomic E-state index is -0.294. The Labute approximate surface area is 159 Å². The van der Waals surface area contributed by atoms with Gasteiger partial charge in [-0.2, -0.15) is 0 Å². The third-order valence-corrected chi connectivity index (χ3v) is 4.97. The summed E-state index contributed by atoms with van der Waals surface area (Å²) in [5, 5.41) is 17.1. The topological polar surface area (TPSA) is 62.8 Å². The van der Waals surface area contributed by atoms with Crippen LogP contribution in [0.25, 0.3) is 0 Å². The summed E-state index contributed by atoms with van der Waals surface area (Å²) in [5.41, 5.74) is 1.96. The second-order valence-electron chi connectivity index (χ2n) is 6.47. The van der Waals surface area contributed by atoms with Gasteiger partial charge in [0.25, 0.3) is 0 Å². The Balaban J connectivity index is 1.61. The lowest BCUT2D eigenvalue weighted by Crippen LogP contribution is -2.30. The number of β-amino-alcohol motifs (C(OH)–C–C–N with tert-alkyl or cyclic N) is 1. The molecule has 1 fully saturated rings. The second kappa shape index (κ2) is 9.24. The van der Waals surface area contributed by atoms with Crippen LogP contribution in [0.1, 0.15) is 11.1 Å². The van der Waals surface area contributed by atoms with Gasteiger partial charge >= 0.3 is 0 Å². The van der Waals surface area contributed by atoms with Crippen LogP contribution in [0.5, 0.6) is 11.5 Å². The Morgan fingerprint density at radius 3 is 2.85 bits per heavy atom. The van der Waals surface area contributed by atoms with E-state index in [1.54, 1.807) is 7.11 Å². The highest BCUT2D eigenvalue weighted by atomic mass is 35.5. The van der Waals surface area contributed by atoms with Crippen molar-refractivity contribution in [2.45, 2.75) is 19.3 Å². The number of aliphatic hydroxyl groups is 1. The number of rotatable bonds is 8. The predicted molar refractivity (Wildman–Crippen MR) is 103 cm³/mol. The lowest BCUT2D eigenvalue weighted by atomic mass is 10.1. The molecule has 0 aromatic heterocycles. The summed E-state index contributed by atoms with van der Waals surface area (Å²) in [6, 6.07) is 13.5. The maximum absolute atomic E-state index is 9.88. The van der Waals surface area contributed by atoms with Crippen LogP contribution in [0.4, 0.5) is 0 Å². The number of methoxy groups -OCH3 is 1. The zero-order chi connectivity index (χ0) is 18.4. The molecule has 3 N–H and O–H groups in total. The van der Waals surface area contributed by atoms with Crippen LogP contribution in [0.3, 0.4) is 0 Å². The maximum Gasteiger partial charge on any atom is 0.125 e. The minimum Gasteiger partial charge on any atom is -0.497 e. The molecule has 1 aliphatic heterocycles. The molecule has 26 heavy (non-hydrogen) atoms. The number of aliphatic hydroxyl groups excluding tert-OH is 1. The average molecular weight is 377 g/mol. The van der Waals surface area contributed by atoms with Crippen LogP contribution >= 0.6 is 11.6 Å². The quantitative estimate of drug-likeness (QED) is 0.661. The van der Waals surface area contributed by atoms with E-state index in [1.807, 2.05) is 42.5 Å². The van der Waals surface area contributed by atoms with Gasteiger partial charge in [-0.1, -0.05) is 29.8 Å². The molecule has 0 spiro atoms. The lowest BCUT2D eigenvalue weighted by Gasteiger charge is -2.17. The van der Waals surface area contributed by atoms with Crippen LogP contribution in [-0.2, 0) is 13.2 Å². The van der Waals surface area contributed by atoms with Crippen molar-refractivity contribution >= 4 is 11.6 Å². The van der Waals surface area contributed by atoms with Crippen molar-refractivity contribution in [1.29, 1.82) is 0 Å². The van der Waals surface area contributed by atoms with E-state index in [4.69, 9.17) is 21.1 Å². The van der Waals surface area contributed by atoms with E-state index in [-0.39, 0.29) is 12.0 Å².